The SMILES string of the molecule is CCCCCOC(=N)CC(=O)C(C)(C)C. The van der Waals surface area contributed by atoms with E-state index < -0.39 is 0 Å². The number of Topliss-reactive ketones (excluding diaryl/α,β-unsaturated/α-hetero) is 1. The maximum atomic E-state index is 11.5. The van der Waals surface area contributed by atoms with Crippen LogP contribution in [-0.2, 0) is 9.53 Å². The summed E-state index contributed by atoms with van der Waals surface area (Å²) in [5.74, 6) is 0.161. The fourth-order valence-corrected chi connectivity index (χ4v) is 1.01. The Morgan fingerprint density at radius 3 is 2.33 bits per heavy atom. The number of ketones is 1. The van der Waals surface area contributed by atoms with Crippen molar-refractivity contribution in [1.82, 2.24) is 0 Å². The minimum absolute atomic E-state index is 0.0583. The molecule has 0 heterocycles. The van der Waals surface area contributed by atoms with E-state index in [2.05, 4.69) is 6.92 Å². The van der Waals surface area contributed by atoms with Crippen LogP contribution in [0.2, 0.25) is 0 Å². The highest BCUT2D eigenvalue weighted by atomic mass is 16.5. The number of ether oxygens (including phenoxy) is 1. The van der Waals surface area contributed by atoms with Crippen molar-refractivity contribution >= 4 is 11.7 Å². The van der Waals surface area contributed by atoms with Gasteiger partial charge in [0.25, 0.3) is 0 Å². The molecule has 0 aromatic heterocycles. The molecule has 0 rings (SSSR count). The molecule has 0 saturated heterocycles. The fraction of sp³-hybridized carbons (Fsp3) is 0.833. The van der Waals surface area contributed by atoms with Crippen molar-refractivity contribution in [2.24, 2.45) is 5.41 Å². The predicted octanol–water partition coefficient (Wildman–Crippen LogP) is 3.18. The van der Waals surface area contributed by atoms with Gasteiger partial charge in [-0.2, -0.15) is 0 Å². The van der Waals surface area contributed by atoms with Crippen molar-refractivity contribution in [2.75, 3.05) is 6.61 Å². The molecule has 15 heavy (non-hydrogen) atoms. The van der Waals surface area contributed by atoms with Crippen LogP contribution in [0.5, 0.6) is 0 Å². The molecule has 0 aromatic rings. The Balaban J connectivity index is 3.71. The van der Waals surface area contributed by atoms with Gasteiger partial charge in [0, 0.05) is 5.41 Å². The number of hydrogen-bond donors (Lipinski definition) is 1. The van der Waals surface area contributed by atoms with Crippen LogP contribution in [0.15, 0.2) is 0 Å². The van der Waals surface area contributed by atoms with Crippen molar-refractivity contribution in [1.29, 1.82) is 5.41 Å². The van der Waals surface area contributed by atoms with Crippen LogP contribution in [0.3, 0.4) is 0 Å². The molecule has 88 valence electrons. The van der Waals surface area contributed by atoms with Gasteiger partial charge in [-0.15, -0.1) is 0 Å². The Morgan fingerprint density at radius 1 is 1.27 bits per heavy atom. The number of carbonyl (C=O) groups is 1. The Bertz CT molecular complexity index is 216. The summed E-state index contributed by atoms with van der Waals surface area (Å²) in [5, 5.41) is 7.49. The van der Waals surface area contributed by atoms with Gasteiger partial charge in [-0.05, 0) is 6.42 Å². The summed E-state index contributed by atoms with van der Waals surface area (Å²) >= 11 is 0. The standard InChI is InChI=1S/C12H23NO2/c1-5-6-7-8-15-11(13)9-10(14)12(2,3)4/h13H,5-9H2,1-4H3. The first-order chi connectivity index (χ1) is 6.88. The summed E-state index contributed by atoms with van der Waals surface area (Å²) in [5.41, 5.74) is -0.376. The maximum absolute atomic E-state index is 11.5. The molecule has 0 aliphatic rings. The summed E-state index contributed by atoms with van der Waals surface area (Å²) in [7, 11) is 0. The summed E-state index contributed by atoms with van der Waals surface area (Å²) in [6, 6.07) is 0. The van der Waals surface area contributed by atoms with E-state index >= 15 is 0 Å². The highest BCUT2D eigenvalue weighted by molar-refractivity contribution is 5.99. The van der Waals surface area contributed by atoms with E-state index in [-0.39, 0.29) is 23.5 Å². The minimum atomic E-state index is -0.376. The first-order valence-electron chi connectivity index (χ1n) is 5.61. The van der Waals surface area contributed by atoms with Crippen molar-refractivity contribution < 1.29 is 9.53 Å². The first kappa shape index (κ1) is 14.1. The van der Waals surface area contributed by atoms with Gasteiger partial charge in [-0.25, -0.2) is 0 Å². The largest absolute Gasteiger partial charge is 0.481 e. The molecule has 0 fully saturated rings. The van der Waals surface area contributed by atoms with E-state index in [9.17, 15) is 4.79 Å². The number of rotatable bonds is 6. The third-order valence-electron chi connectivity index (χ3n) is 2.18. The van der Waals surface area contributed by atoms with E-state index in [0.717, 1.165) is 19.3 Å². The first-order valence-corrected chi connectivity index (χ1v) is 5.61. The Kier molecular flexibility index (Phi) is 6.21. The second kappa shape index (κ2) is 6.59. The molecule has 0 unspecified atom stereocenters. The Hall–Kier alpha value is -0.860. The molecule has 0 spiro atoms. The number of unbranched alkanes of at least 4 members (excludes halogenated alkanes) is 2. The van der Waals surface area contributed by atoms with Gasteiger partial charge in [0.15, 0.2) is 5.90 Å². The molecule has 0 atom stereocenters. The normalized spacial score (nSPS) is 11.2. The highest BCUT2D eigenvalue weighted by Crippen LogP contribution is 2.16. The molecular formula is C12H23NO2. The van der Waals surface area contributed by atoms with Gasteiger partial charge < -0.3 is 4.74 Å². The molecule has 3 heteroatoms. The van der Waals surface area contributed by atoms with Crippen LogP contribution < -0.4 is 0 Å². The third-order valence-corrected chi connectivity index (χ3v) is 2.18. The zero-order chi connectivity index (χ0) is 11.9. The topological polar surface area (TPSA) is 50.1 Å². The van der Waals surface area contributed by atoms with Gasteiger partial charge in [0.2, 0.25) is 0 Å². The zero-order valence-electron chi connectivity index (χ0n) is 10.4. The number of hydrogen-bond acceptors (Lipinski definition) is 3. The van der Waals surface area contributed by atoms with E-state index in [4.69, 9.17) is 10.1 Å². The molecular weight excluding hydrogens is 190 g/mol. The highest BCUT2D eigenvalue weighted by Gasteiger charge is 2.22. The van der Waals surface area contributed by atoms with E-state index in [1.165, 1.54) is 0 Å². The molecule has 0 saturated carbocycles. The third kappa shape index (κ3) is 7.11. The summed E-state index contributed by atoms with van der Waals surface area (Å²) in [6.07, 6.45) is 3.33. The second-order valence-electron chi connectivity index (χ2n) is 4.83. The van der Waals surface area contributed by atoms with Crippen LogP contribution in [-0.4, -0.2) is 18.3 Å². The van der Waals surface area contributed by atoms with Crippen LogP contribution in [0.25, 0.3) is 0 Å². The van der Waals surface area contributed by atoms with Crippen LogP contribution in [0.4, 0.5) is 0 Å². The van der Waals surface area contributed by atoms with E-state index in [0.29, 0.717) is 6.61 Å². The van der Waals surface area contributed by atoms with Crippen molar-refractivity contribution in [3.05, 3.63) is 0 Å². The maximum Gasteiger partial charge on any atom is 0.187 e. The monoisotopic (exact) mass is 213 g/mol. The van der Waals surface area contributed by atoms with Gasteiger partial charge in [0.05, 0.1) is 13.0 Å². The van der Waals surface area contributed by atoms with E-state index in [1.807, 2.05) is 20.8 Å². The second-order valence-corrected chi connectivity index (χ2v) is 4.83. The van der Waals surface area contributed by atoms with Crippen LogP contribution in [0.1, 0.15) is 53.4 Å². The average Bonchev–Trinajstić information content (AvgIpc) is 2.11. The Labute approximate surface area is 92.7 Å². The zero-order valence-corrected chi connectivity index (χ0v) is 10.4. The molecule has 0 aliphatic carbocycles. The van der Waals surface area contributed by atoms with Crippen molar-refractivity contribution in [3.63, 3.8) is 0 Å². The van der Waals surface area contributed by atoms with Crippen LogP contribution >= 0.6 is 0 Å². The van der Waals surface area contributed by atoms with Gasteiger partial charge in [-0.3, -0.25) is 10.2 Å². The smallest absolute Gasteiger partial charge is 0.187 e. The Morgan fingerprint density at radius 2 is 1.87 bits per heavy atom. The molecule has 0 radical (unpaired) electrons. The lowest BCUT2D eigenvalue weighted by Crippen LogP contribution is -2.23. The lowest BCUT2D eigenvalue weighted by Gasteiger charge is -2.16. The lowest BCUT2D eigenvalue weighted by atomic mass is 9.89. The molecule has 3 nitrogen and oxygen atoms in total. The van der Waals surface area contributed by atoms with Gasteiger partial charge in [0.1, 0.15) is 5.78 Å². The molecule has 0 amide bonds. The van der Waals surface area contributed by atoms with Crippen molar-refractivity contribution in [2.45, 2.75) is 53.4 Å². The molecule has 0 aromatic carbocycles. The van der Waals surface area contributed by atoms with Gasteiger partial charge >= 0.3 is 0 Å². The number of nitrogens with one attached hydrogen (secondary N) is 1. The molecule has 0 bridgehead atoms. The average molecular weight is 213 g/mol. The van der Waals surface area contributed by atoms with Gasteiger partial charge in [-0.1, -0.05) is 40.5 Å². The lowest BCUT2D eigenvalue weighted by molar-refractivity contribution is -0.125. The van der Waals surface area contributed by atoms with E-state index in [1.54, 1.807) is 0 Å². The number of carbonyl (C=O) groups excluding carboxylic acids is 1. The quantitative estimate of drug-likeness (QED) is 0.418. The summed E-state index contributed by atoms with van der Waals surface area (Å²) in [6.45, 7) is 8.26. The minimum Gasteiger partial charge on any atom is -0.481 e. The van der Waals surface area contributed by atoms with Crippen molar-refractivity contribution in [3.8, 4) is 0 Å². The van der Waals surface area contributed by atoms with Crippen LogP contribution in [0, 0.1) is 10.8 Å². The summed E-state index contributed by atoms with van der Waals surface area (Å²) < 4.78 is 5.17. The fourth-order valence-electron chi connectivity index (χ4n) is 1.01. The predicted molar refractivity (Wildman–Crippen MR) is 62.3 cm³/mol. The molecule has 0 aliphatic heterocycles. The molecule has 1 N–H and O–H groups in total. The summed E-state index contributed by atoms with van der Waals surface area (Å²) in [4.78, 5) is 11.5.